The normalized spacial score (nSPS) is 10.9. The Morgan fingerprint density at radius 1 is 0.457 bits per heavy atom. The Kier molecular flexibility index (Phi) is 5.45. The number of rotatable bonds is 5. The Morgan fingerprint density at radius 3 is 1.71 bits per heavy atom. The molecule has 0 aliphatic heterocycles. The summed E-state index contributed by atoms with van der Waals surface area (Å²) in [6.45, 7) is 0. The van der Waals surface area contributed by atoms with Crippen molar-refractivity contribution in [3.8, 4) is 22.8 Å². The van der Waals surface area contributed by atoms with Gasteiger partial charge in [0.1, 0.15) is 0 Å². The number of para-hydroxylation sites is 1. The highest BCUT2D eigenvalue weighted by molar-refractivity contribution is 5.99. The zero-order valence-electron chi connectivity index (χ0n) is 19.0. The fraction of sp³-hybridized carbons (Fsp3) is 0. The molecule has 3 aromatic heterocycles. The fourth-order valence-corrected chi connectivity index (χ4v) is 4.34. The Balaban J connectivity index is 1.64. The number of aromatic nitrogens is 3. The lowest BCUT2D eigenvalue weighted by Crippen LogP contribution is -2.11. The van der Waals surface area contributed by atoms with Gasteiger partial charge in [-0.3, -0.25) is 9.97 Å². The maximum absolute atomic E-state index is 4.95. The molecule has 35 heavy (non-hydrogen) atoms. The lowest BCUT2D eigenvalue weighted by molar-refractivity contribution is 1.20. The number of hydrogen-bond acceptors (Lipinski definition) is 4. The Hall–Kier alpha value is -4.83. The van der Waals surface area contributed by atoms with Crippen LogP contribution in [0.2, 0.25) is 0 Å². The SMILES string of the molecule is c1ccc(N(c2cc(-c3ccccn3)nc(-c3ccccn3)c2)c2cccc3ccccc23)cc1. The molecule has 3 aromatic carbocycles. The summed E-state index contributed by atoms with van der Waals surface area (Å²) in [5.74, 6) is 0. The molecule has 4 nitrogen and oxygen atoms in total. The van der Waals surface area contributed by atoms with Crippen LogP contribution in [0.5, 0.6) is 0 Å². The molecule has 0 radical (unpaired) electrons. The van der Waals surface area contributed by atoms with E-state index in [-0.39, 0.29) is 0 Å². The van der Waals surface area contributed by atoms with Crippen LogP contribution >= 0.6 is 0 Å². The third-order valence-electron chi connectivity index (χ3n) is 5.94. The van der Waals surface area contributed by atoms with Crippen LogP contribution in [0.25, 0.3) is 33.5 Å². The van der Waals surface area contributed by atoms with E-state index < -0.39 is 0 Å². The minimum Gasteiger partial charge on any atom is -0.310 e. The van der Waals surface area contributed by atoms with Crippen LogP contribution < -0.4 is 4.90 Å². The second-order valence-corrected chi connectivity index (χ2v) is 8.20. The number of nitrogens with zero attached hydrogens (tertiary/aromatic N) is 4. The van der Waals surface area contributed by atoms with Crippen molar-refractivity contribution in [1.29, 1.82) is 0 Å². The number of benzene rings is 3. The molecular weight excluding hydrogens is 428 g/mol. The first kappa shape index (κ1) is 20.8. The molecule has 4 heteroatoms. The minimum absolute atomic E-state index is 0.796. The van der Waals surface area contributed by atoms with Crippen molar-refractivity contribution in [3.63, 3.8) is 0 Å². The molecule has 0 saturated heterocycles. The number of hydrogen-bond donors (Lipinski definition) is 0. The zero-order valence-corrected chi connectivity index (χ0v) is 19.0. The smallest absolute Gasteiger partial charge is 0.0915 e. The van der Waals surface area contributed by atoms with Crippen molar-refractivity contribution in [2.75, 3.05) is 4.90 Å². The lowest BCUT2D eigenvalue weighted by Gasteiger charge is -2.27. The van der Waals surface area contributed by atoms with E-state index in [1.165, 1.54) is 10.8 Å². The predicted octanol–water partition coefficient (Wildman–Crippen LogP) is 7.83. The average molecular weight is 451 g/mol. The van der Waals surface area contributed by atoms with Crippen LogP contribution in [0.1, 0.15) is 0 Å². The summed E-state index contributed by atoms with van der Waals surface area (Å²) in [6.07, 6.45) is 3.59. The molecule has 0 aliphatic carbocycles. The average Bonchev–Trinajstić information content (AvgIpc) is 2.95. The molecule has 0 N–H and O–H groups in total. The van der Waals surface area contributed by atoms with Crippen LogP contribution in [-0.4, -0.2) is 15.0 Å². The molecule has 0 atom stereocenters. The van der Waals surface area contributed by atoms with Gasteiger partial charge in [-0.1, -0.05) is 66.7 Å². The molecule has 166 valence electrons. The van der Waals surface area contributed by atoms with Gasteiger partial charge in [-0.2, -0.15) is 0 Å². The summed E-state index contributed by atoms with van der Waals surface area (Å²) >= 11 is 0. The first-order valence-electron chi connectivity index (χ1n) is 11.5. The van der Waals surface area contributed by atoms with Crippen LogP contribution in [0.15, 0.2) is 134 Å². The van der Waals surface area contributed by atoms with Crippen molar-refractivity contribution < 1.29 is 0 Å². The maximum Gasteiger partial charge on any atom is 0.0915 e. The molecule has 6 aromatic rings. The van der Waals surface area contributed by atoms with E-state index >= 15 is 0 Å². The second kappa shape index (κ2) is 9.20. The van der Waals surface area contributed by atoms with Gasteiger partial charge in [-0.05, 0) is 60.0 Å². The largest absolute Gasteiger partial charge is 0.310 e. The summed E-state index contributed by atoms with van der Waals surface area (Å²) in [5.41, 5.74) is 6.38. The maximum atomic E-state index is 4.95. The highest BCUT2D eigenvalue weighted by Crippen LogP contribution is 2.40. The molecule has 0 amide bonds. The van der Waals surface area contributed by atoms with Gasteiger partial charge in [-0.25, -0.2) is 4.98 Å². The van der Waals surface area contributed by atoms with Gasteiger partial charge in [0.15, 0.2) is 0 Å². The van der Waals surface area contributed by atoms with Crippen LogP contribution in [0.3, 0.4) is 0 Å². The molecule has 0 spiro atoms. The van der Waals surface area contributed by atoms with Crippen LogP contribution in [-0.2, 0) is 0 Å². The summed E-state index contributed by atoms with van der Waals surface area (Å²) < 4.78 is 0. The zero-order chi connectivity index (χ0) is 23.5. The van der Waals surface area contributed by atoms with Gasteiger partial charge < -0.3 is 4.90 Å². The Morgan fingerprint density at radius 2 is 1.06 bits per heavy atom. The van der Waals surface area contributed by atoms with E-state index in [0.717, 1.165) is 39.8 Å². The number of fused-ring (bicyclic) bond motifs is 1. The standard InChI is InChI=1S/C31H22N4/c1-2-13-24(14-3-1)35(31-18-10-12-23-11-4-5-15-26(23)31)25-21-29(27-16-6-8-19-32-27)34-30(22-25)28-17-7-9-20-33-28/h1-22H. The summed E-state index contributed by atoms with van der Waals surface area (Å²) in [7, 11) is 0. The molecule has 0 unspecified atom stereocenters. The van der Waals surface area contributed by atoms with Gasteiger partial charge in [-0.15, -0.1) is 0 Å². The molecule has 0 saturated carbocycles. The third kappa shape index (κ3) is 4.13. The predicted molar refractivity (Wildman–Crippen MR) is 143 cm³/mol. The van der Waals surface area contributed by atoms with E-state index in [9.17, 15) is 0 Å². The first-order chi connectivity index (χ1) is 17.4. The summed E-state index contributed by atoms with van der Waals surface area (Å²) in [6, 6.07) is 41.3. The van der Waals surface area contributed by atoms with E-state index in [1.807, 2.05) is 42.5 Å². The first-order valence-corrected chi connectivity index (χ1v) is 11.5. The number of anilines is 3. The van der Waals surface area contributed by atoms with Crippen LogP contribution in [0.4, 0.5) is 17.1 Å². The minimum atomic E-state index is 0.796. The quantitative estimate of drug-likeness (QED) is 0.268. The molecule has 6 rings (SSSR count). The van der Waals surface area contributed by atoms with Gasteiger partial charge in [0.2, 0.25) is 0 Å². The lowest BCUT2D eigenvalue weighted by atomic mass is 10.1. The molecule has 0 bridgehead atoms. The van der Waals surface area contributed by atoms with E-state index in [1.54, 1.807) is 12.4 Å². The monoisotopic (exact) mass is 450 g/mol. The molecule has 3 heterocycles. The highest BCUT2D eigenvalue weighted by atomic mass is 15.1. The molecule has 0 fully saturated rings. The highest BCUT2D eigenvalue weighted by Gasteiger charge is 2.18. The van der Waals surface area contributed by atoms with Crippen molar-refractivity contribution in [3.05, 3.63) is 134 Å². The molecule has 0 aliphatic rings. The van der Waals surface area contributed by atoms with Gasteiger partial charge >= 0.3 is 0 Å². The number of pyridine rings is 3. The Bertz CT molecular complexity index is 1520. The van der Waals surface area contributed by atoms with E-state index in [0.29, 0.717) is 0 Å². The van der Waals surface area contributed by atoms with Gasteiger partial charge in [0.25, 0.3) is 0 Å². The fourth-order valence-electron chi connectivity index (χ4n) is 4.34. The van der Waals surface area contributed by atoms with Crippen molar-refractivity contribution in [1.82, 2.24) is 15.0 Å². The van der Waals surface area contributed by atoms with Gasteiger partial charge in [0.05, 0.1) is 34.2 Å². The van der Waals surface area contributed by atoms with Crippen molar-refractivity contribution in [2.24, 2.45) is 0 Å². The Labute approximate surface area is 204 Å². The molecular formula is C31H22N4. The van der Waals surface area contributed by atoms with Crippen molar-refractivity contribution >= 4 is 27.8 Å². The van der Waals surface area contributed by atoms with Crippen molar-refractivity contribution in [2.45, 2.75) is 0 Å². The summed E-state index contributed by atoms with van der Waals surface area (Å²) in [5, 5.41) is 2.37. The van der Waals surface area contributed by atoms with Crippen LogP contribution in [0, 0.1) is 0 Å². The topological polar surface area (TPSA) is 41.9 Å². The van der Waals surface area contributed by atoms with Gasteiger partial charge in [0, 0.05) is 23.5 Å². The third-order valence-corrected chi connectivity index (χ3v) is 5.94. The van der Waals surface area contributed by atoms with E-state index in [2.05, 4.69) is 93.7 Å². The van der Waals surface area contributed by atoms with E-state index in [4.69, 9.17) is 4.98 Å². The summed E-state index contributed by atoms with van der Waals surface area (Å²) in [4.78, 5) is 16.4. The second-order valence-electron chi connectivity index (χ2n) is 8.20.